The van der Waals surface area contributed by atoms with E-state index in [1.165, 1.54) is 21.5 Å². The molecule has 0 aliphatic carbocycles. The lowest BCUT2D eigenvalue weighted by molar-refractivity contribution is 0.111. The number of fused-ring (bicyclic) bond motifs is 3. The first kappa shape index (κ1) is 14.0. The summed E-state index contributed by atoms with van der Waals surface area (Å²) in [6, 6.07) is 27.0. The Kier molecular flexibility index (Phi) is 2.98. The molecule has 2 heterocycles. The van der Waals surface area contributed by atoms with Crippen LogP contribution in [0.25, 0.3) is 38.2 Å². The van der Waals surface area contributed by atoms with E-state index in [1.807, 2.05) is 28.8 Å². The normalized spacial score (nSPS) is 11.4. The van der Waals surface area contributed by atoms with Crippen molar-refractivity contribution < 1.29 is 4.79 Å². The zero-order valence-corrected chi connectivity index (χ0v) is 13.5. The highest BCUT2D eigenvalue weighted by molar-refractivity contribution is 6.14. The minimum Gasteiger partial charge on any atom is -0.314 e. The molecule has 0 saturated carbocycles. The Morgan fingerprint density at radius 3 is 2.04 bits per heavy atom. The molecule has 0 aliphatic heterocycles. The Hall–Kier alpha value is -3.39. The van der Waals surface area contributed by atoms with E-state index in [1.54, 1.807) is 0 Å². The van der Waals surface area contributed by atoms with Gasteiger partial charge in [0.2, 0.25) is 0 Å². The quantitative estimate of drug-likeness (QED) is 0.301. The molecular formula is C23H15NO. The van der Waals surface area contributed by atoms with Gasteiger partial charge in [0.1, 0.15) is 0 Å². The van der Waals surface area contributed by atoms with Gasteiger partial charge in [-0.25, -0.2) is 0 Å². The van der Waals surface area contributed by atoms with E-state index < -0.39 is 0 Å². The first-order valence-corrected chi connectivity index (χ1v) is 8.33. The van der Waals surface area contributed by atoms with Crippen LogP contribution in [0, 0.1) is 0 Å². The molecule has 0 bridgehead atoms. The molecule has 5 aromatic rings. The van der Waals surface area contributed by atoms with Crippen molar-refractivity contribution in [1.29, 1.82) is 0 Å². The molecule has 0 unspecified atom stereocenters. The lowest BCUT2D eigenvalue weighted by atomic mass is 9.92. The van der Waals surface area contributed by atoms with Crippen LogP contribution >= 0.6 is 0 Å². The van der Waals surface area contributed by atoms with E-state index in [2.05, 4.69) is 60.7 Å². The van der Waals surface area contributed by atoms with Crippen LogP contribution in [-0.4, -0.2) is 10.7 Å². The summed E-state index contributed by atoms with van der Waals surface area (Å²) in [6.07, 6.45) is 2.90. The third kappa shape index (κ3) is 2.01. The standard InChI is InChI=1S/C23H15NO/c25-15-22-21(14-18-9-5-6-12-24(18)22)23-19-10-3-1-7-16(19)13-17-8-2-4-11-20(17)23/h1-15H. The SMILES string of the molecule is O=Cc1c(-c2c3ccccc3cc3ccccc23)cc2ccccn12. The van der Waals surface area contributed by atoms with Gasteiger partial charge in [-0.05, 0) is 51.4 Å². The monoisotopic (exact) mass is 321 g/mol. The molecule has 25 heavy (non-hydrogen) atoms. The highest BCUT2D eigenvalue weighted by Gasteiger charge is 2.16. The molecule has 0 atom stereocenters. The molecule has 5 rings (SSSR count). The summed E-state index contributed by atoms with van der Waals surface area (Å²) in [5, 5.41) is 4.70. The molecule has 2 aromatic heterocycles. The van der Waals surface area contributed by atoms with Crippen LogP contribution in [0.4, 0.5) is 0 Å². The molecule has 0 spiro atoms. The van der Waals surface area contributed by atoms with E-state index in [9.17, 15) is 4.79 Å². The predicted molar refractivity (Wildman–Crippen MR) is 103 cm³/mol. The summed E-state index contributed by atoms with van der Waals surface area (Å²) in [4.78, 5) is 11.9. The Morgan fingerprint density at radius 1 is 0.720 bits per heavy atom. The van der Waals surface area contributed by atoms with Gasteiger partial charge in [-0.1, -0.05) is 54.6 Å². The summed E-state index contributed by atoms with van der Waals surface area (Å²) in [6.45, 7) is 0. The molecular weight excluding hydrogens is 306 g/mol. The second-order valence-electron chi connectivity index (χ2n) is 6.25. The number of carbonyl (C=O) groups is 1. The van der Waals surface area contributed by atoms with Crippen LogP contribution in [0.2, 0.25) is 0 Å². The number of rotatable bonds is 2. The van der Waals surface area contributed by atoms with Crippen molar-refractivity contribution in [2.75, 3.05) is 0 Å². The molecule has 0 aliphatic rings. The van der Waals surface area contributed by atoms with Crippen LogP contribution in [-0.2, 0) is 0 Å². The highest BCUT2D eigenvalue weighted by Crippen LogP contribution is 2.38. The second-order valence-corrected chi connectivity index (χ2v) is 6.25. The van der Waals surface area contributed by atoms with Crippen LogP contribution in [0.15, 0.2) is 85.1 Å². The molecule has 0 amide bonds. The van der Waals surface area contributed by atoms with Gasteiger partial charge in [0, 0.05) is 17.3 Å². The Morgan fingerprint density at radius 2 is 1.36 bits per heavy atom. The molecule has 2 heteroatoms. The van der Waals surface area contributed by atoms with E-state index in [0.29, 0.717) is 5.69 Å². The Balaban J connectivity index is 2.02. The average Bonchev–Trinajstić information content (AvgIpc) is 3.04. The third-order valence-corrected chi connectivity index (χ3v) is 4.87. The number of carbonyl (C=O) groups excluding carboxylic acids is 1. The summed E-state index contributed by atoms with van der Waals surface area (Å²) in [7, 11) is 0. The minimum atomic E-state index is 0.692. The van der Waals surface area contributed by atoms with E-state index in [0.717, 1.165) is 22.9 Å². The van der Waals surface area contributed by atoms with Gasteiger partial charge >= 0.3 is 0 Å². The van der Waals surface area contributed by atoms with E-state index in [-0.39, 0.29) is 0 Å². The fourth-order valence-electron chi connectivity index (χ4n) is 3.77. The fourth-order valence-corrected chi connectivity index (χ4v) is 3.77. The molecule has 0 saturated heterocycles. The van der Waals surface area contributed by atoms with Crippen molar-refractivity contribution >= 4 is 33.3 Å². The maximum Gasteiger partial charge on any atom is 0.167 e. The van der Waals surface area contributed by atoms with Gasteiger partial charge in [0.05, 0.1) is 5.69 Å². The Bertz CT molecular complexity index is 1210. The summed E-state index contributed by atoms with van der Waals surface area (Å²) in [5.74, 6) is 0. The smallest absolute Gasteiger partial charge is 0.167 e. The number of hydrogen-bond acceptors (Lipinski definition) is 1. The first-order chi connectivity index (χ1) is 12.4. The van der Waals surface area contributed by atoms with Crippen molar-refractivity contribution in [2.24, 2.45) is 0 Å². The van der Waals surface area contributed by atoms with E-state index in [4.69, 9.17) is 0 Å². The maximum absolute atomic E-state index is 11.9. The number of aromatic nitrogens is 1. The van der Waals surface area contributed by atoms with Crippen LogP contribution in [0.1, 0.15) is 10.5 Å². The van der Waals surface area contributed by atoms with Gasteiger partial charge < -0.3 is 4.40 Å². The van der Waals surface area contributed by atoms with Crippen molar-refractivity contribution in [3.63, 3.8) is 0 Å². The molecule has 118 valence electrons. The zero-order valence-electron chi connectivity index (χ0n) is 13.5. The third-order valence-electron chi connectivity index (χ3n) is 4.87. The van der Waals surface area contributed by atoms with Crippen molar-refractivity contribution in [2.45, 2.75) is 0 Å². The number of nitrogens with zero attached hydrogens (tertiary/aromatic N) is 1. The number of aldehydes is 1. The minimum absolute atomic E-state index is 0.692. The largest absolute Gasteiger partial charge is 0.314 e. The van der Waals surface area contributed by atoms with Crippen molar-refractivity contribution in [3.05, 3.63) is 90.8 Å². The Labute approximate surface area is 144 Å². The molecule has 0 radical (unpaired) electrons. The summed E-state index contributed by atoms with van der Waals surface area (Å²) >= 11 is 0. The molecule has 0 N–H and O–H groups in total. The van der Waals surface area contributed by atoms with Gasteiger partial charge in [-0.15, -0.1) is 0 Å². The zero-order chi connectivity index (χ0) is 16.8. The summed E-state index contributed by atoms with van der Waals surface area (Å²) < 4.78 is 1.96. The predicted octanol–water partition coefficient (Wildman–Crippen LogP) is 5.73. The average molecular weight is 321 g/mol. The van der Waals surface area contributed by atoms with Crippen LogP contribution < -0.4 is 0 Å². The number of hydrogen-bond donors (Lipinski definition) is 0. The molecule has 0 fully saturated rings. The first-order valence-electron chi connectivity index (χ1n) is 8.33. The molecule has 2 nitrogen and oxygen atoms in total. The highest BCUT2D eigenvalue weighted by atomic mass is 16.1. The molecule has 3 aromatic carbocycles. The second kappa shape index (κ2) is 5.32. The van der Waals surface area contributed by atoms with E-state index >= 15 is 0 Å². The number of benzene rings is 3. The lowest BCUT2D eigenvalue weighted by Crippen LogP contribution is -1.93. The van der Waals surface area contributed by atoms with Crippen molar-refractivity contribution in [1.82, 2.24) is 4.40 Å². The van der Waals surface area contributed by atoms with Crippen LogP contribution in [0.5, 0.6) is 0 Å². The van der Waals surface area contributed by atoms with Crippen molar-refractivity contribution in [3.8, 4) is 11.1 Å². The maximum atomic E-state index is 11.9. The van der Waals surface area contributed by atoms with Crippen LogP contribution in [0.3, 0.4) is 0 Å². The summed E-state index contributed by atoms with van der Waals surface area (Å²) in [5.41, 5.74) is 3.82. The fraction of sp³-hybridized carbons (Fsp3) is 0. The van der Waals surface area contributed by atoms with Gasteiger partial charge in [-0.3, -0.25) is 4.79 Å². The van der Waals surface area contributed by atoms with Gasteiger partial charge in [0.15, 0.2) is 6.29 Å². The number of pyridine rings is 1. The van der Waals surface area contributed by atoms with Gasteiger partial charge in [0.25, 0.3) is 0 Å². The van der Waals surface area contributed by atoms with Gasteiger partial charge in [-0.2, -0.15) is 0 Å². The lowest BCUT2D eigenvalue weighted by Gasteiger charge is -2.11. The topological polar surface area (TPSA) is 21.5 Å².